The molecule has 0 aliphatic carbocycles. The van der Waals surface area contributed by atoms with E-state index in [1.807, 2.05) is 56.3 Å². The monoisotopic (exact) mass is 487 g/mol. The van der Waals surface area contributed by atoms with Crippen molar-refractivity contribution in [3.05, 3.63) is 89.5 Å². The van der Waals surface area contributed by atoms with Crippen molar-refractivity contribution in [2.24, 2.45) is 0 Å². The van der Waals surface area contributed by atoms with Crippen molar-refractivity contribution >= 4 is 29.3 Å². The number of benzene rings is 3. The van der Waals surface area contributed by atoms with Crippen LogP contribution in [0, 0.1) is 0 Å². The zero-order chi connectivity index (χ0) is 24.6. The minimum atomic E-state index is -0.147. The van der Waals surface area contributed by atoms with Gasteiger partial charge in [-0.3, -0.25) is 14.5 Å². The highest BCUT2D eigenvalue weighted by atomic mass is 32.2. The highest BCUT2D eigenvalue weighted by Gasteiger charge is 2.24. The maximum atomic E-state index is 12.9. The second kappa shape index (κ2) is 12.0. The van der Waals surface area contributed by atoms with Crippen LogP contribution in [-0.2, 0) is 0 Å². The van der Waals surface area contributed by atoms with Crippen LogP contribution in [0.4, 0.5) is 5.69 Å². The standard InChI is InChI=1S/C27H27N3O2S.C2H6/c31-26(28-15-14-23(30-16-6-7-17-30)19-8-2-1-3-9-19)20-12-13-25-22(18-20)29-27(32)21-10-4-5-11-24(21)33-25;1-2/h1-5,8-13,18,23H,6-7,14-17H2,(H,28,31)(H,29,32);1-2H3. The summed E-state index contributed by atoms with van der Waals surface area (Å²) in [4.78, 5) is 29.9. The van der Waals surface area contributed by atoms with E-state index < -0.39 is 0 Å². The average molecular weight is 488 g/mol. The lowest BCUT2D eigenvalue weighted by Gasteiger charge is -2.28. The molecule has 1 saturated heterocycles. The number of likely N-dealkylation sites (tertiary alicyclic amines) is 1. The van der Waals surface area contributed by atoms with Gasteiger partial charge in [0, 0.05) is 27.9 Å². The Morgan fingerprint density at radius 3 is 2.46 bits per heavy atom. The van der Waals surface area contributed by atoms with Gasteiger partial charge in [0.2, 0.25) is 0 Å². The van der Waals surface area contributed by atoms with Crippen LogP contribution in [0.3, 0.4) is 0 Å². The summed E-state index contributed by atoms with van der Waals surface area (Å²) in [5, 5.41) is 6.05. The second-order valence-electron chi connectivity index (χ2n) is 8.48. The summed E-state index contributed by atoms with van der Waals surface area (Å²) in [6, 6.07) is 23.9. The number of rotatable bonds is 6. The van der Waals surface area contributed by atoms with Gasteiger partial charge >= 0.3 is 0 Å². The Hall–Kier alpha value is -3.09. The van der Waals surface area contributed by atoms with E-state index in [-0.39, 0.29) is 11.8 Å². The van der Waals surface area contributed by atoms with Crippen LogP contribution in [0.25, 0.3) is 0 Å². The number of fused-ring (bicyclic) bond motifs is 2. The van der Waals surface area contributed by atoms with Crippen LogP contribution in [-0.4, -0.2) is 36.3 Å². The summed E-state index contributed by atoms with van der Waals surface area (Å²) in [5.41, 5.74) is 3.18. The molecule has 1 atom stereocenters. The van der Waals surface area contributed by atoms with E-state index in [2.05, 4.69) is 39.8 Å². The second-order valence-corrected chi connectivity index (χ2v) is 9.56. The van der Waals surface area contributed by atoms with Crippen molar-refractivity contribution in [1.82, 2.24) is 10.2 Å². The fraction of sp³-hybridized carbons (Fsp3) is 0.310. The highest BCUT2D eigenvalue weighted by Crippen LogP contribution is 2.39. The van der Waals surface area contributed by atoms with Crippen molar-refractivity contribution in [2.75, 3.05) is 25.0 Å². The Morgan fingerprint density at radius 1 is 0.971 bits per heavy atom. The Bertz CT molecular complexity index is 1160. The van der Waals surface area contributed by atoms with Crippen LogP contribution in [0.5, 0.6) is 0 Å². The molecule has 3 aromatic carbocycles. The molecule has 2 heterocycles. The van der Waals surface area contributed by atoms with Gasteiger partial charge in [0.1, 0.15) is 0 Å². The molecule has 1 unspecified atom stereocenters. The topological polar surface area (TPSA) is 61.4 Å². The average Bonchev–Trinajstić information content (AvgIpc) is 3.39. The van der Waals surface area contributed by atoms with E-state index in [0.717, 1.165) is 29.3 Å². The summed E-state index contributed by atoms with van der Waals surface area (Å²) >= 11 is 1.54. The Morgan fingerprint density at radius 2 is 1.69 bits per heavy atom. The molecule has 0 aromatic heterocycles. The van der Waals surface area contributed by atoms with E-state index >= 15 is 0 Å². The zero-order valence-corrected chi connectivity index (χ0v) is 21.2. The lowest BCUT2D eigenvalue weighted by Crippen LogP contribution is -2.31. The number of amides is 2. The fourth-order valence-corrected chi connectivity index (χ4v) is 5.63. The van der Waals surface area contributed by atoms with Crippen LogP contribution in [0.1, 0.15) is 65.4 Å². The summed E-state index contributed by atoms with van der Waals surface area (Å²) in [5.74, 6) is -0.266. The van der Waals surface area contributed by atoms with Crippen molar-refractivity contribution < 1.29 is 9.59 Å². The van der Waals surface area contributed by atoms with Crippen LogP contribution < -0.4 is 10.6 Å². The Labute approximate surface area is 212 Å². The SMILES string of the molecule is CC.O=C(NCCC(c1ccccc1)N1CCCC1)c1ccc2c(c1)NC(=O)c1ccccc1S2. The van der Waals surface area contributed by atoms with Gasteiger partial charge in [0.25, 0.3) is 11.8 Å². The van der Waals surface area contributed by atoms with E-state index in [9.17, 15) is 9.59 Å². The largest absolute Gasteiger partial charge is 0.352 e. The van der Waals surface area contributed by atoms with Gasteiger partial charge in [0.15, 0.2) is 0 Å². The molecule has 0 saturated carbocycles. The van der Waals surface area contributed by atoms with Gasteiger partial charge in [-0.25, -0.2) is 0 Å². The van der Waals surface area contributed by atoms with E-state index in [0.29, 0.717) is 29.4 Å². The van der Waals surface area contributed by atoms with E-state index in [1.165, 1.54) is 18.4 Å². The van der Waals surface area contributed by atoms with Gasteiger partial charge in [-0.1, -0.05) is 68.1 Å². The number of hydrogen-bond acceptors (Lipinski definition) is 4. The lowest BCUT2D eigenvalue weighted by molar-refractivity contribution is 0.0947. The van der Waals surface area contributed by atoms with Crippen LogP contribution in [0.15, 0.2) is 82.6 Å². The molecule has 1 fully saturated rings. The summed E-state index contributed by atoms with van der Waals surface area (Å²) in [6.45, 7) is 6.81. The molecular weight excluding hydrogens is 454 g/mol. The van der Waals surface area contributed by atoms with Crippen molar-refractivity contribution in [3.8, 4) is 0 Å². The molecule has 0 radical (unpaired) electrons. The third-order valence-electron chi connectivity index (χ3n) is 6.31. The van der Waals surface area contributed by atoms with Crippen LogP contribution >= 0.6 is 11.8 Å². The van der Waals surface area contributed by atoms with Gasteiger partial charge in [-0.05, 0) is 68.2 Å². The summed E-state index contributed by atoms with van der Waals surface area (Å²) in [7, 11) is 0. The van der Waals surface area contributed by atoms with Crippen molar-refractivity contribution in [1.29, 1.82) is 0 Å². The third-order valence-corrected chi connectivity index (χ3v) is 7.46. The molecule has 2 N–H and O–H groups in total. The molecule has 5 nitrogen and oxygen atoms in total. The molecule has 182 valence electrons. The van der Waals surface area contributed by atoms with Crippen LogP contribution in [0.2, 0.25) is 0 Å². The molecule has 3 aromatic rings. The molecule has 2 aliphatic heterocycles. The molecule has 0 bridgehead atoms. The van der Waals surface area contributed by atoms with Gasteiger partial charge in [-0.15, -0.1) is 0 Å². The smallest absolute Gasteiger partial charge is 0.256 e. The maximum absolute atomic E-state index is 12.9. The maximum Gasteiger partial charge on any atom is 0.256 e. The number of carbonyl (C=O) groups is 2. The molecule has 2 amide bonds. The molecule has 2 aliphatic rings. The molecule has 35 heavy (non-hydrogen) atoms. The summed E-state index contributed by atoms with van der Waals surface area (Å²) in [6.07, 6.45) is 3.33. The molecule has 0 spiro atoms. The first kappa shape index (κ1) is 25.0. The third kappa shape index (κ3) is 5.95. The minimum absolute atomic E-state index is 0.118. The lowest BCUT2D eigenvalue weighted by atomic mass is 10.0. The fourth-order valence-electron chi connectivity index (χ4n) is 4.62. The molecular formula is C29H33N3O2S. The van der Waals surface area contributed by atoms with E-state index in [1.54, 1.807) is 17.8 Å². The number of hydrogen-bond donors (Lipinski definition) is 2. The van der Waals surface area contributed by atoms with Gasteiger partial charge in [0.05, 0.1) is 11.3 Å². The van der Waals surface area contributed by atoms with E-state index in [4.69, 9.17) is 0 Å². The zero-order valence-electron chi connectivity index (χ0n) is 20.4. The molecule has 5 rings (SSSR count). The van der Waals surface area contributed by atoms with Gasteiger partial charge < -0.3 is 10.6 Å². The normalized spacial score (nSPS) is 15.5. The highest BCUT2D eigenvalue weighted by molar-refractivity contribution is 7.99. The number of nitrogens with zero attached hydrogens (tertiary/aromatic N) is 1. The predicted octanol–water partition coefficient (Wildman–Crippen LogP) is 6.39. The minimum Gasteiger partial charge on any atom is -0.352 e. The first-order valence-corrected chi connectivity index (χ1v) is 13.3. The number of carbonyl (C=O) groups excluding carboxylic acids is 2. The molecule has 6 heteroatoms. The van der Waals surface area contributed by atoms with Crippen molar-refractivity contribution in [3.63, 3.8) is 0 Å². The van der Waals surface area contributed by atoms with Crippen molar-refractivity contribution in [2.45, 2.75) is 48.9 Å². The number of anilines is 1. The number of nitrogens with one attached hydrogen (secondary N) is 2. The predicted molar refractivity (Wildman–Crippen MR) is 143 cm³/mol. The van der Waals surface area contributed by atoms with Gasteiger partial charge in [-0.2, -0.15) is 0 Å². The summed E-state index contributed by atoms with van der Waals surface area (Å²) < 4.78 is 0. The first-order chi connectivity index (χ1) is 17.2. The quantitative estimate of drug-likeness (QED) is 0.423. The Balaban J connectivity index is 0.00000141. The Kier molecular flexibility index (Phi) is 8.61. The first-order valence-electron chi connectivity index (χ1n) is 12.5.